The summed E-state index contributed by atoms with van der Waals surface area (Å²) in [6.45, 7) is 1.41. The first-order valence-corrected chi connectivity index (χ1v) is 9.96. The highest BCUT2D eigenvalue weighted by atomic mass is 32.2. The average Bonchev–Trinajstić information content (AvgIpc) is 3.26. The number of hydrogen-bond acceptors (Lipinski definition) is 8. The lowest BCUT2D eigenvalue weighted by molar-refractivity contribution is -0.122. The highest BCUT2D eigenvalue weighted by Gasteiger charge is 2.31. The Kier molecular flexibility index (Phi) is 4.10. The third kappa shape index (κ3) is 3.50. The van der Waals surface area contributed by atoms with Gasteiger partial charge in [0.1, 0.15) is 11.8 Å². The molecule has 142 valence electrons. The van der Waals surface area contributed by atoms with Crippen molar-refractivity contribution in [2.75, 3.05) is 0 Å². The Balaban J connectivity index is 1.51. The molecule has 2 aromatic heterocycles. The molecular formula is C16H16N4O6S. The van der Waals surface area contributed by atoms with E-state index < -0.39 is 33.5 Å². The zero-order valence-corrected chi connectivity index (χ0v) is 15.1. The first-order valence-electron chi connectivity index (χ1n) is 8.31. The Labute approximate surface area is 153 Å². The normalized spacial score (nSPS) is 15.7. The molecule has 0 bridgehead atoms. The fourth-order valence-corrected chi connectivity index (χ4v) is 3.74. The van der Waals surface area contributed by atoms with Crippen molar-refractivity contribution in [3.63, 3.8) is 0 Å². The number of nitrogens with one attached hydrogen (secondary N) is 1. The summed E-state index contributed by atoms with van der Waals surface area (Å²) in [5.74, 6) is -1.61. The molecule has 0 aliphatic heterocycles. The fraction of sp³-hybridized carbons (Fsp3) is 0.375. The number of carbonyl (C=O) groups excluding carboxylic acids is 1. The van der Waals surface area contributed by atoms with Crippen LogP contribution in [-0.4, -0.2) is 29.0 Å². The summed E-state index contributed by atoms with van der Waals surface area (Å²) in [6, 6.07) is 5.47. The molecule has 1 fully saturated rings. The Morgan fingerprint density at radius 1 is 1.37 bits per heavy atom. The van der Waals surface area contributed by atoms with Gasteiger partial charge in [0, 0.05) is 5.92 Å². The molecule has 1 unspecified atom stereocenters. The highest BCUT2D eigenvalue weighted by molar-refractivity contribution is 7.89. The first-order chi connectivity index (χ1) is 12.8. The van der Waals surface area contributed by atoms with Crippen LogP contribution in [0.4, 0.5) is 0 Å². The van der Waals surface area contributed by atoms with Gasteiger partial charge in [-0.3, -0.25) is 14.1 Å². The summed E-state index contributed by atoms with van der Waals surface area (Å²) in [5.41, 5.74) is 0.708. The van der Waals surface area contributed by atoms with Gasteiger partial charge in [0.25, 0.3) is 5.91 Å². The van der Waals surface area contributed by atoms with Crippen LogP contribution in [-0.2, 0) is 20.6 Å². The minimum absolute atomic E-state index is 0.0178. The molecule has 10 nitrogen and oxygen atoms in total. The van der Waals surface area contributed by atoms with Gasteiger partial charge in [-0.05, 0) is 31.9 Å². The summed E-state index contributed by atoms with van der Waals surface area (Å²) >= 11 is 0. The molecule has 1 aliphatic rings. The Morgan fingerprint density at radius 3 is 2.85 bits per heavy atom. The van der Waals surface area contributed by atoms with Gasteiger partial charge >= 0.3 is 5.76 Å². The summed E-state index contributed by atoms with van der Waals surface area (Å²) in [6.07, 6.45) is 1.88. The second-order valence-electron chi connectivity index (χ2n) is 6.43. The minimum Gasteiger partial charge on any atom is -0.408 e. The molecule has 0 saturated heterocycles. The molecule has 1 N–H and O–H groups in total. The monoisotopic (exact) mass is 392 g/mol. The molecule has 27 heavy (non-hydrogen) atoms. The Morgan fingerprint density at radius 2 is 2.11 bits per heavy atom. The van der Waals surface area contributed by atoms with Crippen molar-refractivity contribution < 1.29 is 22.2 Å². The molecule has 0 radical (unpaired) electrons. The van der Waals surface area contributed by atoms with E-state index in [1.54, 1.807) is 24.3 Å². The van der Waals surface area contributed by atoms with Crippen molar-refractivity contribution in [3.05, 3.63) is 46.5 Å². The standard InChI is InChI=1S/C16H16N4O6S/c1-9(20-11-4-2-3-5-12(11)25-16(20)22)14(21)19-27(23,24)8-13-17-15(26-18-13)10-6-7-10/h2-5,9-10H,6-8H2,1H3,(H,19,21). The van der Waals surface area contributed by atoms with Gasteiger partial charge in [0.2, 0.25) is 15.9 Å². The molecule has 1 aromatic carbocycles. The van der Waals surface area contributed by atoms with Crippen LogP contribution >= 0.6 is 0 Å². The lowest BCUT2D eigenvalue weighted by Gasteiger charge is -2.12. The van der Waals surface area contributed by atoms with Crippen LogP contribution in [0.1, 0.15) is 43.4 Å². The number of benzene rings is 1. The van der Waals surface area contributed by atoms with E-state index >= 15 is 0 Å². The number of hydrogen-bond donors (Lipinski definition) is 1. The van der Waals surface area contributed by atoms with Crippen molar-refractivity contribution in [2.45, 2.75) is 37.5 Å². The maximum absolute atomic E-state index is 12.4. The van der Waals surface area contributed by atoms with E-state index in [9.17, 15) is 18.0 Å². The number of para-hydroxylation sites is 2. The smallest absolute Gasteiger partial charge is 0.408 e. The molecule has 1 atom stereocenters. The molecule has 2 heterocycles. The van der Waals surface area contributed by atoms with E-state index in [1.165, 1.54) is 6.92 Å². The second-order valence-corrected chi connectivity index (χ2v) is 8.15. The van der Waals surface area contributed by atoms with E-state index in [1.807, 2.05) is 4.72 Å². The fourth-order valence-electron chi connectivity index (χ4n) is 2.73. The Bertz CT molecular complexity index is 1170. The van der Waals surface area contributed by atoms with E-state index in [-0.39, 0.29) is 11.7 Å². The van der Waals surface area contributed by atoms with Crippen LogP contribution in [0.3, 0.4) is 0 Å². The SMILES string of the molecule is CC(C(=O)NS(=O)(=O)Cc1noc(C2CC2)n1)n1c(=O)oc2ccccc21. The van der Waals surface area contributed by atoms with Crippen molar-refractivity contribution in [3.8, 4) is 0 Å². The van der Waals surface area contributed by atoms with Crippen LogP contribution in [0.25, 0.3) is 11.1 Å². The van der Waals surface area contributed by atoms with Gasteiger partial charge in [-0.2, -0.15) is 4.98 Å². The molecule has 11 heteroatoms. The van der Waals surface area contributed by atoms with Crippen LogP contribution in [0.2, 0.25) is 0 Å². The number of oxazole rings is 1. The lowest BCUT2D eigenvalue weighted by Crippen LogP contribution is -2.38. The van der Waals surface area contributed by atoms with Crippen molar-refractivity contribution in [2.24, 2.45) is 0 Å². The molecule has 1 saturated carbocycles. The highest BCUT2D eigenvalue weighted by Crippen LogP contribution is 2.38. The molecule has 0 spiro atoms. The van der Waals surface area contributed by atoms with Gasteiger partial charge in [-0.1, -0.05) is 17.3 Å². The van der Waals surface area contributed by atoms with E-state index in [0.29, 0.717) is 17.0 Å². The minimum atomic E-state index is -4.06. The summed E-state index contributed by atoms with van der Waals surface area (Å²) in [4.78, 5) is 28.5. The van der Waals surface area contributed by atoms with E-state index in [4.69, 9.17) is 8.94 Å². The first kappa shape index (κ1) is 17.5. The lowest BCUT2D eigenvalue weighted by atomic mass is 10.3. The predicted molar refractivity (Wildman–Crippen MR) is 92.2 cm³/mol. The zero-order valence-electron chi connectivity index (χ0n) is 14.3. The predicted octanol–water partition coefficient (Wildman–Crippen LogP) is 1.06. The number of nitrogens with zero attached hydrogens (tertiary/aromatic N) is 3. The third-order valence-corrected chi connectivity index (χ3v) is 5.42. The van der Waals surface area contributed by atoms with Crippen LogP contribution in [0.5, 0.6) is 0 Å². The van der Waals surface area contributed by atoms with Gasteiger partial charge in [0.05, 0.1) is 5.52 Å². The van der Waals surface area contributed by atoms with Crippen LogP contribution < -0.4 is 10.5 Å². The van der Waals surface area contributed by atoms with Crippen LogP contribution in [0, 0.1) is 0 Å². The molecule has 1 aliphatic carbocycles. The van der Waals surface area contributed by atoms with E-state index in [2.05, 4.69) is 10.1 Å². The topological polar surface area (TPSA) is 137 Å². The molecular weight excluding hydrogens is 376 g/mol. The van der Waals surface area contributed by atoms with Gasteiger partial charge in [0.15, 0.2) is 11.4 Å². The zero-order chi connectivity index (χ0) is 19.2. The number of carbonyl (C=O) groups is 1. The third-order valence-electron chi connectivity index (χ3n) is 4.27. The number of amides is 1. The molecule has 4 rings (SSSR count). The van der Waals surface area contributed by atoms with Crippen molar-refractivity contribution >= 4 is 27.0 Å². The quantitative estimate of drug-likeness (QED) is 0.657. The molecule has 1 amide bonds. The van der Waals surface area contributed by atoms with Crippen molar-refractivity contribution in [1.82, 2.24) is 19.4 Å². The number of aromatic nitrogens is 3. The number of fused-ring (bicyclic) bond motifs is 1. The maximum atomic E-state index is 12.4. The summed E-state index contributed by atoms with van der Waals surface area (Å²) < 4.78 is 37.7. The van der Waals surface area contributed by atoms with Gasteiger partial charge in [-0.25, -0.2) is 13.2 Å². The summed E-state index contributed by atoms with van der Waals surface area (Å²) in [5, 5.41) is 3.63. The molecule has 3 aromatic rings. The number of sulfonamides is 1. The Hall–Kier alpha value is -2.95. The van der Waals surface area contributed by atoms with Crippen molar-refractivity contribution in [1.29, 1.82) is 0 Å². The van der Waals surface area contributed by atoms with Gasteiger partial charge in [-0.15, -0.1) is 0 Å². The van der Waals surface area contributed by atoms with Gasteiger partial charge < -0.3 is 8.94 Å². The number of rotatable bonds is 6. The van der Waals surface area contributed by atoms with Crippen LogP contribution in [0.15, 0.2) is 38.0 Å². The largest absolute Gasteiger partial charge is 0.420 e. The van der Waals surface area contributed by atoms with E-state index in [0.717, 1.165) is 17.4 Å². The summed E-state index contributed by atoms with van der Waals surface area (Å²) in [7, 11) is -4.06. The average molecular weight is 392 g/mol. The second kappa shape index (κ2) is 6.34. The maximum Gasteiger partial charge on any atom is 0.420 e.